The molecule has 3 rings (SSSR count). The van der Waals surface area contributed by atoms with Crippen LogP contribution >= 0.6 is 0 Å². The SMILES string of the molecule is OC(CN(CC(F)(F)F)C1CC1)c1cc2ccccc2o1. The van der Waals surface area contributed by atoms with E-state index in [2.05, 4.69) is 0 Å². The first-order valence-electron chi connectivity index (χ1n) is 6.90. The third-order valence-corrected chi connectivity index (χ3v) is 3.63. The molecule has 6 heteroatoms. The van der Waals surface area contributed by atoms with Gasteiger partial charge >= 0.3 is 6.18 Å². The fourth-order valence-electron chi connectivity index (χ4n) is 2.49. The fourth-order valence-corrected chi connectivity index (χ4v) is 2.49. The molecule has 21 heavy (non-hydrogen) atoms. The smallest absolute Gasteiger partial charge is 0.401 e. The Bertz CT molecular complexity index is 586. The lowest BCUT2D eigenvalue weighted by Crippen LogP contribution is -2.38. The van der Waals surface area contributed by atoms with Crippen molar-refractivity contribution in [3.63, 3.8) is 0 Å². The van der Waals surface area contributed by atoms with Gasteiger partial charge in [-0.3, -0.25) is 4.90 Å². The zero-order valence-corrected chi connectivity index (χ0v) is 11.3. The molecule has 1 fully saturated rings. The molecule has 1 saturated carbocycles. The van der Waals surface area contributed by atoms with Crippen molar-refractivity contribution in [1.29, 1.82) is 0 Å². The molecular weight excluding hydrogens is 283 g/mol. The van der Waals surface area contributed by atoms with Gasteiger partial charge in [-0.2, -0.15) is 13.2 Å². The number of fused-ring (bicyclic) bond motifs is 1. The molecule has 0 spiro atoms. The van der Waals surface area contributed by atoms with Crippen molar-refractivity contribution in [2.45, 2.75) is 31.2 Å². The Morgan fingerprint density at radius 3 is 2.62 bits per heavy atom. The molecule has 114 valence electrons. The van der Waals surface area contributed by atoms with Gasteiger partial charge in [0.05, 0.1) is 6.54 Å². The highest BCUT2D eigenvalue weighted by atomic mass is 19.4. The first-order chi connectivity index (χ1) is 9.92. The Balaban J connectivity index is 1.72. The normalized spacial score (nSPS) is 17.6. The highest BCUT2D eigenvalue weighted by Crippen LogP contribution is 2.32. The van der Waals surface area contributed by atoms with Gasteiger partial charge in [0.15, 0.2) is 0 Å². The number of aliphatic hydroxyl groups excluding tert-OH is 1. The lowest BCUT2D eigenvalue weighted by atomic mass is 10.2. The number of benzene rings is 1. The number of hydrogen-bond acceptors (Lipinski definition) is 3. The number of halogens is 3. The highest BCUT2D eigenvalue weighted by Gasteiger charge is 2.39. The molecule has 3 nitrogen and oxygen atoms in total. The summed E-state index contributed by atoms with van der Waals surface area (Å²) in [5, 5.41) is 11.0. The predicted molar refractivity (Wildman–Crippen MR) is 71.8 cm³/mol. The topological polar surface area (TPSA) is 36.6 Å². The maximum Gasteiger partial charge on any atom is 0.401 e. The molecule has 1 heterocycles. The van der Waals surface area contributed by atoms with Crippen molar-refractivity contribution in [2.75, 3.05) is 13.1 Å². The maximum atomic E-state index is 12.6. The van der Waals surface area contributed by atoms with Crippen molar-refractivity contribution in [2.24, 2.45) is 0 Å². The van der Waals surface area contributed by atoms with Crippen LogP contribution < -0.4 is 0 Å². The zero-order valence-electron chi connectivity index (χ0n) is 11.3. The van der Waals surface area contributed by atoms with Crippen LogP contribution in [0, 0.1) is 0 Å². The van der Waals surface area contributed by atoms with E-state index in [1.165, 1.54) is 4.90 Å². The minimum Gasteiger partial charge on any atom is -0.458 e. The van der Waals surface area contributed by atoms with E-state index in [1.807, 2.05) is 18.2 Å². The molecular formula is C15H16F3NO2. The van der Waals surface area contributed by atoms with Crippen LogP contribution in [0.1, 0.15) is 24.7 Å². The largest absolute Gasteiger partial charge is 0.458 e. The second-order valence-electron chi connectivity index (χ2n) is 5.48. The van der Waals surface area contributed by atoms with E-state index < -0.39 is 18.8 Å². The summed E-state index contributed by atoms with van der Waals surface area (Å²) in [6, 6.07) is 8.85. The van der Waals surface area contributed by atoms with E-state index in [-0.39, 0.29) is 12.6 Å². The van der Waals surface area contributed by atoms with Gasteiger partial charge in [0.1, 0.15) is 17.4 Å². The van der Waals surface area contributed by atoms with Crippen LogP contribution in [0.15, 0.2) is 34.7 Å². The molecule has 0 saturated heterocycles. The van der Waals surface area contributed by atoms with Crippen molar-refractivity contribution in [3.05, 3.63) is 36.1 Å². The van der Waals surface area contributed by atoms with E-state index in [9.17, 15) is 18.3 Å². The van der Waals surface area contributed by atoms with E-state index in [4.69, 9.17) is 4.42 Å². The monoisotopic (exact) mass is 299 g/mol. The minimum atomic E-state index is -4.25. The minimum absolute atomic E-state index is 0.0655. The molecule has 1 atom stereocenters. The molecule has 2 aromatic rings. The van der Waals surface area contributed by atoms with E-state index >= 15 is 0 Å². The van der Waals surface area contributed by atoms with Gasteiger partial charge in [0.25, 0.3) is 0 Å². The summed E-state index contributed by atoms with van der Waals surface area (Å²) < 4.78 is 43.2. The van der Waals surface area contributed by atoms with Gasteiger partial charge in [0.2, 0.25) is 0 Å². The lowest BCUT2D eigenvalue weighted by Gasteiger charge is -2.25. The molecule has 1 aromatic carbocycles. The second-order valence-corrected chi connectivity index (χ2v) is 5.48. The quantitative estimate of drug-likeness (QED) is 0.918. The number of rotatable bonds is 5. The Labute approximate surface area is 120 Å². The van der Waals surface area contributed by atoms with Crippen LogP contribution in [-0.2, 0) is 0 Å². The number of nitrogens with zero attached hydrogens (tertiary/aromatic N) is 1. The third kappa shape index (κ3) is 3.57. The maximum absolute atomic E-state index is 12.6. The Morgan fingerprint density at radius 1 is 1.29 bits per heavy atom. The van der Waals surface area contributed by atoms with Gasteiger partial charge in [-0.05, 0) is 25.0 Å². The summed E-state index contributed by atoms with van der Waals surface area (Å²) in [5.74, 6) is 0.309. The Morgan fingerprint density at radius 2 is 2.00 bits per heavy atom. The zero-order chi connectivity index (χ0) is 15.0. The van der Waals surface area contributed by atoms with Gasteiger partial charge in [0, 0.05) is 18.0 Å². The van der Waals surface area contributed by atoms with Crippen molar-refractivity contribution in [1.82, 2.24) is 4.90 Å². The Hall–Kier alpha value is -1.53. The summed E-state index contributed by atoms with van der Waals surface area (Å²) in [6.45, 7) is -1.06. The van der Waals surface area contributed by atoms with Crippen LogP contribution in [0.5, 0.6) is 0 Å². The summed E-state index contributed by atoms with van der Waals surface area (Å²) >= 11 is 0. The molecule has 1 aliphatic rings. The van der Waals surface area contributed by atoms with Gasteiger partial charge in [-0.25, -0.2) is 0 Å². The summed E-state index contributed by atoms with van der Waals surface area (Å²) in [5.41, 5.74) is 0.625. The first-order valence-corrected chi connectivity index (χ1v) is 6.90. The Kier molecular flexibility index (Phi) is 3.67. The number of furan rings is 1. The predicted octanol–water partition coefficient (Wildman–Crippen LogP) is 3.49. The van der Waals surface area contributed by atoms with Crippen molar-refractivity contribution < 1.29 is 22.7 Å². The average molecular weight is 299 g/mol. The summed E-state index contributed by atoms with van der Waals surface area (Å²) in [4.78, 5) is 1.29. The molecule has 1 unspecified atom stereocenters. The second kappa shape index (κ2) is 5.35. The van der Waals surface area contributed by atoms with Gasteiger partial charge in [-0.15, -0.1) is 0 Å². The molecule has 0 bridgehead atoms. The molecule has 1 N–H and O–H groups in total. The average Bonchev–Trinajstić information content (AvgIpc) is 3.15. The number of hydrogen-bond donors (Lipinski definition) is 1. The molecule has 0 amide bonds. The first kappa shape index (κ1) is 14.4. The van der Waals surface area contributed by atoms with Crippen LogP contribution in [0.4, 0.5) is 13.2 Å². The van der Waals surface area contributed by atoms with Gasteiger partial charge < -0.3 is 9.52 Å². The van der Waals surface area contributed by atoms with E-state index in [0.717, 1.165) is 18.2 Å². The summed E-state index contributed by atoms with van der Waals surface area (Å²) in [6.07, 6.45) is -3.80. The number of alkyl halides is 3. The molecule has 0 aliphatic heterocycles. The third-order valence-electron chi connectivity index (χ3n) is 3.63. The lowest BCUT2D eigenvalue weighted by molar-refractivity contribution is -0.150. The number of para-hydroxylation sites is 1. The standard InChI is InChI=1S/C15H16F3NO2/c16-15(17,18)9-19(11-5-6-11)8-12(20)14-7-10-3-1-2-4-13(10)21-14/h1-4,7,11-12,20H,5-6,8-9H2. The van der Waals surface area contributed by atoms with Crippen LogP contribution in [0.2, 0.25) is 0 Å². The van der Waals surface area contributed by atoms with E-state index in [1.54, 1.807) is 12.1 Å². The molecule has 1 aromatic heterocycles. The molecule has 0 radical (unpaired) electrons. The van der Waals surface area contributed by atoms with Crippen molar-refractivity contribution in [3.8, 4) is 0 Å². The summed E-state index contributed by atoms with van der Waals surface area (Å²) in [7, 11) is 0. The molecule has 1 aliphatic carbocycles. The van der Waals surface area contributed by atoms with Crippen LogP contribution in [0.3, 0.4) is 0 Å². The number of aliphatic hydroxyl groups is 1. The van der Waals surface area contributed by atoms with Crippen molar-refractivity contribution >= 4 is 11.0 Å². The van der Waals surface area contributed by atoms with E-state index in [0.29, 0.717) is 11.3 Å². The highest BCUT2D eigenvalue weighted by molar-refractivity contribution is 5.77. The van der Waals surface area contributed by atoms with Gasteiger partial charge in [-0.1, -0.05) is 18.2 Å². The fraction of sp³-hybridized carbons (Fsp3) is 0.467. The van der Waals surface area contributed by atoms with Crippen LogP contribution in [-0.4, -0.2) is 35.3 Å². The van der Waals surface area contributed by atoms with Crippen LogP contribution in [0.25, 0.3) is 11.0 Å².